The quantitative estimate of drug-likeness (QED) is 0.769. The Bertz CT molecular complexity index is 423. The number of nitrogens with zero attached hydrogens (tertiary/aromatic N) is 1. The lowest BCUT2D eigenvalue weighted by atomic mass is 9.77. The first-order valence-electron chi connectivity index (χ1n) is 6.52. The molecule has 0 saturated carbocycles. The molecule has 106 valence electrons. The number of halogens is 3. The first-order valence-corrected chi connectivity index (χ1v) is 6.52. The van der Waals surface area contributed by atoms with Crippen molar-refractivity contribution in [3.63, 3.8) is 0 Å². The zero-order valence-corrected chi connectivity index (χ0v) is 10.8. The maximum Gasteiger partial charge on any atom is 0.432 e. The molecule has 0 radical (unpaired) electrons. The second-order valence-corrected chi connectivity index (χ2v) is 5.33. The highest BCUT2D eigenvalue weighted by atomic mass is 19.4. The van der Waals surface area contributed by atoms with Gasteiger partial charge in [0.25, 0.3) is 0 Å². The number of alkyl halides is 3. The SMILES string of the molecule is C[C@H]1CC=CC[C@H]1C1CC(CO)=CC(C(F)(F)F)=N1. The zero-order chi connectivity index (χ0) is 14.0. The van der Waals surface area contributed by atoms with Crippen molar-refractivity contribution in [2.75, 3.05) is 6.61 Å². The van der Waals surface area contributed by atoms with E-state index in [4.69, 9.17) is 5.11 Å². The summed E-state index contributed by atoms with van der Waals surface area (Å²) in [4.78, 5) is 3.90. The smallest absolute Gasteiger partial charge is 0.392 e. The average molecular weight is 273 g/mol. The maximum absolute atomic E-state index is 12.8. The van der Waals surface area contributed by atoms with Crippen LogP contribution in [0.4, 0.5) is 13.2 Å². The van der Waals surface area contributed by atoms with Crippen LogP contribution in [0.2, 0.25) is 0 Å². The van der Waals surface area contributed by atoms with Crippen LogP contribution < -0.4 is 0 Å². The second kappa shape index (κ2) is 5.49. The zero-order valence-electron chi connectivity index (χ0n) is 10.8. The Morgan fingerprint density at radius 2 is 2.00 bits per heavy atom. The largest absolute Gasteiger partial charge is 0.432 e. The van der Waals surface area contributed by atoms with Gasteiger partial charge >= 0.3 is 6.18 Å². The minimum Gasteiger partial charge on any atom is -0.392 e. The Labute approximate surface area is 110 Å². The second-order valence-electron chi connectivity index (χ2n) is 5.33. The molecule has 1 heterocycles. The highest BCUT2D eigenvalue weighted by Crippen LogP contribution is 2.35. The molecule has 0 aromatic carbocycles. The normalized spacial score (nSPS) is 31.9. The average Bonchev–Trinajstić information content (AvgIpc) is 2.37. The van der Waals surface area contributed by atoms with Crippen LogP contribution in [-0.4, -0.2) is 29.6 Å². The van der Waals surface area contributed by atoms with Crippen LogP contribution in [0.25, 0.3) is 0 Å². The molecule has 1 unspecified atom stereocenters. The molecule has 2 aliphatic rings. The van der Waals surface area contributed by atoms with Crippen LogP contribution in [-0.2, 0) is 0 Å². The molecule has 0 spiro atoms. The summed E-state index contributed by atoms with van der Waals surface area (Å²) in [5, 5.41) is 9.15. The van der Waals surface area contributed by atoms with Gasteiger partial charge in [-0.2, -0.15) is 13.2 Å². The molecule has 2 nitrogen and oxygen atoms in total. The molecule has 0 aromatic heterocycles. The fourth-order valence-corrected chi connectivity index (χ4v) is 2.80. The van der Waals surface area contributed by atoms with Gasteiger partial charge in [-0.3, -0.25) is 4.99 Å². The lowest BCUT2D eigenvalue weighted by Gasteiger charge is -2.33. The molecule has 1 aliphatic carbocycles. The molecule has 5 heteroatoms. The summed E-state index contributed by atoms with van der Waals surface area (Å²) in [6.07, 6.45) is 2.71. The Morgan fingerprint density at radius 1 is 1.32 bits per heavy atom. The topological polar surface area (TPSA) is 32.6 Å². The molecule has 19 heavy (non-hydrogen) atoms. The molecular formula is C14H18F3NO. The van der Waals surface area contributed by atoms with Crippen molar-refractivity contribution >= 4 is 5.71 Å². The van der Waals surface area contributed by atoms with E-state index in [1.165, 1.54) is 0 Å². The molecule has 0 bridgehead atoms. The third-order valence-corrected chi connectivity index (χ3v) is 3.92. The monoisotopic (exact) mass is 273 g/mol. The number of hydrogen-bond donors (Lipinski definition) is 1. The van der Waals surface area contributed by atoms with Crippen molar-refractivity contribution in [2.45, 2.75) is 38.4 Å². The summed E-state index contributed by atoms with van der Waals surface area (Å²) in [7, 11) is 0. The third-order valence-electron chi connectivity index (χ3n) is 3.92. The number of rotatable bonds is 2. The van der Waals surface area contributed by atoms with Gasteiger partial charge in [0, 0.05) is 0 Å². The van der Waals surface area contributed by atoms with E-state index in [-0.39, 0.29) is 18.6 Å². The highest BCUT2D eigenvalue weighted by molar-refractivity contribution is 6.00. The molecule has 0 saturated heterocycles. The van der Waals surface area contributed by atoms with Crippen LogP contribution in [0.5, 0.6) is 0 Å². The predicted octanol–water partition coefficient (Wildman–Crippen LogP) is 3.28. The first-order chi connectivity index (χ1) is 8.91. The van der Waals surface area contributed by atoms with E-state index in [2.05, 4.69) is 11.1 Å². The van der Waals surface area contributed by atoms with Crippen LogP contribution >= 0.6 is 0 Å². The van der Waals surface area contributed by atoms with E-state index in [0.29, 0.717) is 17.9 Å². The van der Waals surface area contributed by atoms with Crippen LogP contribution in [0.15, 0.2) is 28.8 Å². The molecule has 0 amide bonds. The van der Waals surface area contributed by atoms with Crippen molar-refractivity contribution < 1.29 is 18.3 Å². The number of allylic oxidation sites excluding steroid dienone is 3. The summed E-state index contributed by atoms with van der Waals surface area (Å²) in [5.41, 5.74) is -0.427. The summed E-state index contributed by atoms with van der Waals surface area (Å²) in [6, 6.07) is -0.372. The molecule has 2 rings (SSSR count). The summed E-state index contributed by atoms with van der Waals surface area (Å²) < 4.78 is 38.5. The van der Waals surface area contributed by atoms with Crippen LogP contribution in [0.3, 0.4) is 0 Å². The van der Waals surface area contributed by atoms with Crippen molar-refractivity contribution in [1.82, 2.24) is 0 Å². The number of hydrogen-bond acceptors (Lipinski definition) is 2. The fourth-order valence-electron chi connectivity index (χ4n) is 2.80. The molecule has 0 aromatic rings. The van der Waals surface area contributed by atoms with Crippen molar-refractivity contribution in [2.24, 2.45) is 16.8 Å². The van der Waals surface area contributed by atoms with Gasteiger partial charge in [-0.25, -0.2) is 0 Å². The molecule has 1 aliphatic heterocycles. The lowest BCUT2D eigenvalue weighted by molar-refractivity contribution is -0.0585. The predicted molar refractivity (Wildman–Crippen MR) is 68.1 cm³/mol. The molecule has 1 N–H and O–H groups in total. The van der Waals surface area contributed by atoms with Gasteiger partial charge in [-0.15, -0.1) is 0 Å². The van der Waals surface area contributed by atoms with Crippen molar-refractivity contribution in [1.29, 1.82) is 0 Å². The van der Waals surface area contributed by atoms with E-state index < -0.39 is 11.9 Å². The van der Waals surface area contributed by atoms with Gasteiger partial charge in [-0.05, 0) is 42.7 Å². The van der Waals surface area contributed by atoms with Crippen molar-refractivity contribution in [3.8, 4) is 0 Å². The number of aliphatic imine (C=N–C) groups is 1. The van der Waals surface area contributed by atoms with Crippen molar-refractivity contribution in [3.05, 3.63) is 23.8 Å². The molecular weight excluding hydrogens is 255 g/mol. The third kappa shape index (κ3) is 3.26. The minimum absolute atomic E-state index is 0.123. The number of aliphatic hydroxyl groups excluding tert-OH is 1. The summed E-state index contributed by atoms with van der Waals surface area (Å²) in [5.74, 6) is 0.448. The van der Waals surface area contributed by atoms with Gasteiger partial charge in [0.1, 0.15) is 5.71 Å². The van der Waals surface area contributed by atoms with E-state index in [1.807, 2.05) is 13.0 Å². The lowest BCUT2D eigenvalue weighted by Crippen LogP contribution is -2.34. The maximum atomic E-state index is 12.8. The Morgan fingerprint density at radius 3 is 2.58 bits per heavy atom. The van der Waals surface area contributed by atoms with E-state index in [9.17, 15) is 13.2 Å². The summed E-state index contributed by atoms with van der Waals surface area (Å²) >= 11 is 0. The fraction of sp³-hybridized carbons (Fsp3) is 0.643. The highest BCUT2D eigenvalue weighted by Gasteiger charge is 2.39. The van der Waals surface area contributed by atoms with E-state index in [0.717, 1.165) is 18.9 Å². The van der Waals surface area contributed by atoms with Gasteiger partial charge in [-0.1, -0.05) is 19.1 Å². The minimum atomic E-state index is -4.44. The molecule has 0 fully saturated rings. The first kappa shape index (κ1) is 14.3. The Kier molecular flexibility index (Phi) is 4.13. The number of aliphatic hydroxyl groups is 1. The van der Waals surface area contributed by atoms with Gasteiger partial charge in [0.15, 0.2) is 0 Å². The molecule has 3 atom stereocenters. The Balaban J connectivity index is 2.25. The number of dihydropyridines is 1. The van der Waals surface area contributed by atoms with Gasteiger partial charge in [0.05, 0.1) is 12.6 Å². The van der Waals surface area contributed by atoms with Gasteiger partial charge < -0.3 is 5.11 Å². The van der Waals surface area contributed by atoms with E-state index >= 15 is 0 Å². The summed E-state index contributed by atoms with van der Waals surface area (Å²) in [6.45, 7) is 1.72. The van der Waals surface area contributed by atoms with Gasteiger partial charge in [0.2, 0.25) is 0 Å². The van der Waals surface area contributed by atoms with Crippen LogP contribution in [0.1, 0.15) is 26.2 Å². The van der Waals surface area contributed by atoms with Crippen LogP contribution in [0, 0.1) is 11.8 Å². The standard InChI is InChI=1S/C14H18F3NO/c1-9-4-2-3-5-11(9)12-6-10(8-19)7-13(18-12)14(15,16)17/h2-3,7,9,11-12,19H,4-6,8H2,1H3/t9-,11+,12?/m0/s1. The Hall–Kier alpha value is -1.10. The van der Waals surface area contributed by atoms with E-state index in [1.54, 1.807) is 0 Å².